The van der Waals surface area contributed by atoms with Crippen molar-refractivity contribution in [3.05, 3.63) is 42.0 Å². The van der Waals surface area contributed by atoms with Crippen LogP contribution >= 0.6 is 0 Å². The molecule has 0 saturated carbocycles. The molecule has 3 rings (SSSR count). The maximum atomic E-state index is 5.66. The molecule has 2 N–H and O–H groups in total. The van der Waals surface area contributed by atoms with Crippen LogP contribution in [-0.2, 0) is 19.5 Å². The average Bonchev–Trinajstić information content (AvgIpc) is 2.92. The van der Waals surface area contributed by atoms with Crippen molar-refractivity contribution in [3.63, 3.8) is 0 Å². The van der Waals surface area contributed by atoms with Crippen LogP contribution in [0, 0.1) is 0 Å². The summed E-state index contributed by atoms with van der Waals surface area (Å²) in [7, 11) is 0. The monoisotopic (exact) mass is 259 g/mol. The maximum absolute atomic E-state index is 5.66. The fraction of sp³-hybridized carbons (Fsp3) is 0.357. The summed E-state index contributed by atoms with van der Waals surface area (Å²) < 4.78 is 13.2. The highest BCUT2D eigenvalue weighted by Gasteiger charge is 2.11. The van der Waals surface area contributed by atoms with Gasteiger partial charge in [0.15, 0.2) is 11.5 Å². The molecule has 19 heavy (non-hydrogen) atoms. The van der Waals surface area contributed by atoms with Crippen LogP contribution in [-0.4, -0.2) is 22.8 Å². The molecule has 0 fully saturated rings. The Bertz CT molecular complexity index is 566. The van der Waals surface area contributed by atoms with Crippen molar-refractivity contribution in [2.45, 2.75) is 19.5 Å². The van der Waals surface area contributed by atoms with E-state index in [-0.39, 0.29) is 0 Å². The second-order valence-electron chi connectivity index (χ2n) is 4.51. The summed E-state index contributed by atoms with van der Waals surface area (Å²) >= 11 is 0. The minimum absolute atomic E-state index is 0.515. The first-order valence-electron chi connectivity index (χ1n) is 6.44. The minimum atomic E-state index is 0.515. The average molecular weight is 259 g/mol. The number of aromatic nitrogens is 2. The van der Waals surface area contributed by atoms with Gasteiger partial charge in [0.25, 0.3) is 0 Å². The van der Waals surface area contributed by atoms with E-state index >= 15 is 0 Å². The molecule has 0 radical (unpaired) electrons. The van der Waals surface area contributed by atoms with Crippen LogP contribution in [0.25, 0.3) is 0 Å². The third-order valence-corrected chi connectivity index (χ3v) is 3.26. The molecular weight excluding hydrogens is 242 g/mol. The molecule has 1 aromatic heterocycles. The van der Waals surface area contributed by atoms with Crippen molar-refractivity contribution in [3.8, 4) is 11.5 Å². The molecule has 0 aliphatic carbocycles. The minimum Gasteiger partial charge on any atom is -0.486 e. The van der Waals surface area contributed by atoms with Gasteiger partial charge in [-0.05, 0) is 24.1 Å². The smallest absolute Gasteiger partial charge is 0.161 e. The lowest BCUT2D eigenvalue weighted by molar-refractivity contribution is 0.171. The van der Waals surface area contributed by atoms with Gasteiger partial charge in [0, 0.05) is 19.3 Å². The van der Waals surface area contributed by atoms with Gasteiger partial charge < -0.3 is 19.8 Å². The molecule has 100 valence electrons. The molecular formula is C14H17N3O2. The highest BCUT2D eigenvalue weighted by atomic mass is 16.6. The second-order valence-corrected chi connectivity index (χ2v) is 4.51. The molecule has 1 aromatic carbocycles. The zero-order chi connectivity index (χ0) is 13.1. The highest BCUT2D eigenvalue weighted by Crippen LogP contribution is 2.30. The first-order valence-corrected chi connectivity index (χ1v) is 6.44. The van der Waals surface area contributed by atoms with Gasteiger partial charge in [-0.2, -0.15) is 0 Å². The number of hydrogen-bond donors (Lipinski definition) is 1. The molecule has 0 unspecified atom stereocenters. The number of imidazole rings is 1. The van der Waals surface area contributed by atoms with E-state index in [0.29, 0.717) is 19.8 Å². The molecule has 0 amide bonds. The summed E-state index contributed by atoms with van der Waals surface area (Å²) in [6.07, 6.45) is 4.55. The number of rotatable bonds is 4. The molecule has 1 aliphatic heterocycles. The quantitative estimate of drug-likeness (QED) is 0.900. The molecule has 5 heteroatoms. The van der Waals surface area contributed by atoms with Gasteiger partial charge in [-0.3, -0.25) is 0 Å². The van der Waals surface area contributed by atoms with Crippen LogP contribution in [0.15, 0.2) is 30.7 Å². The Balaban J connectivity index is 1.70. The van der Waals surface area contributed by atoms with Crippen molar-refractivity contribution in [2.75, 3.05) is 13.2 Å². The van der Waals surface area contributed by atoms with Crippen molar-refractivity contribution < 1.29 is 9.47 Å². The highest BCUT2D eigenvalue weighted by molar-refractivity contribution is 5.43. The summed E-state index contributed by atoms with van der Waals surface area (Å²) in [4.78, 5) is 4.11. The summed E-state index contributed by atoms with van der Waals surface area (Å²) in [5.74, 6) is 1.67. The molecule has 0 saturated heterocycles. The van der Waals surface area contributed by atoms with E-state index in [1.54, 1.807) is 0 Å². The predicted molar refractivity (Wildman–Crippen MR) is 71.3 cm³/mol. The number of nitrogens with two attached hydrogens (primary N) is 1. The Labute approximate surface area is 112 Å². The van der Waals surface area contributed by atoms with Crippen molar-refractivity contribution >= 4 is 0 Å². The fourth-order valence-electron chi connectivity index (χ4n) is 2.21. The lowest BCUT2D eigenvalue weighted by Crippen LogP contribution is -2.15. The van der Waals surface area contributed by atoms with Gasteiger partial charge in [-0.25, -0.2) is 4.98 Å². The SMILES string of the molecule is NCc1cncn1CCc1ccc2c(c1)OCCO2. The molecule has 1 aliphatic rings. The Morgan fingerprint density at radius 2 is 2.05 bits per heavy atom. The summed E-state index contributed by atoms with van der Waals surface area (Å²) in [6.45, 7) is 2.63. The van der Waals surface area contributed by atoms with Crippen LogP contribution in [0.1, 0.15) is 11.3 Å². The van der Waals surface area contributed by atoms with Crippen molar-refractivity contribution in [1.82, 2.24) is 9.55 Å². The Morgan fingerprint density at radius 1 is 1.21 bits per heavy atom. The first-order chi connectivity index (χ1) is 9.36. The lowest BCUT2D eigenvalue weighted by Gasteiger charge is -2.19. The summed E-state index contributed by atoms with van der Waals surface area (Å²) in [5, 5.41) is 0. The number of fused-ring (bicyclic) bond motifs is 1. The maximum Gasteiger partial charge on any atom is 0.161 e. The summed E-state index contributed by atoms with van der Waals surface area (Å²) in [5.41, 5.74) is 7.93. The zero-order valence-electron chi connectivity index (χ0n) is 10.7. The van der Waals surface area contributed by atoms with E-state index in [9.17, 15) is 0 Å². The number of nitrogens with zero attached hydrogens (tertiary/aromatic N) is 2. The number of benzene rings is 1. The number of aryl methyl sites for hydroxylation is 2. The van der Waals surface area contributed by atoms with Crippen LogP contribution in [0.5, 0.6) is 11.5 Å². The number of hydrogen-bond acceptors (Lipinski definition) is 4. The van der Waals surface area contributed by atoms with E-state index in [0.717, 1.165) is 30.2 Å². The molecule has 0 bridgehead atoms. The van der Waals surface area contributed by atoms with Crippen molar-refractivity contribution in [1.29, 1.82) is 0 Å². The molecule has 5 nitrogen and oxygen atoms in total. The van der Waals surface area contributed by atoms with E-state index in [1.165, 1.54) is 5.56 Å². The Morgan fingerprint density at radius 3 is 2.89 bits per heavy atom. The lowest BCUT2D eigenvalue weighted by atomic mass is 10.1. The van der Waals surface area contributed by atoms with Crippen molar-refractivity contribution in [2.24, 2.45) is 5.73 Å². The van der Waals surface area contributed by atoms with Gasteiger partial charge in [-0.1, -0.05) is 6.07 Å². The van der Waals surface area contributed by atoms with Crippen LogP contribution < -0.4 is 15.2 Å². The standard InChI is InChI=1S/C14H17N3O2/c15-8-12-9-16-10-17(12)4-3-11-1-2-13-14(7-11)19-6-5-18-13/h1-2,7,9-10H,3-6,8,15H2. The first kappa shape index (κ1) is 12.0. The zero-order valence-corrected chi connectivity index (χ0v) is 10.7. The van der Waals surface area contributed by atoms with E-state index < -0.39 is 0 Å². The van der Waals surface area contributed by atoms with Crippen LogP contribution in [0.3, 0.4) is 0 Å². The predicted octanol–water partition coefficient (Wildman–Crippen LogP) is 1.36. The number of ether oxygens (including phenoxy) is 2. The molecule has 0 atom stereocenters. The normalized spacial score (nSPS) is 13.5. The van der Waals surface area contributed by atoms with Gasteiger partial charge >= 0.3 is 0 Å². The largest absolute Gasteiger partial charge is 0.486 e. The van der Waals surface area contributed by atoms with E-state index in [1.807, 2.05) is 24.7 Å². The van der Waals surface area contributed by atoms with Crippen LogP contribution in [0.2, 0.25) is 0 Å². The Kier molecular flexibility index (Phi) is 3.37. The van der Waals surface area contributed by atoms with Gasteiger partial charge in [0.1, 0.15) is 13.2 Å². The topological polar surface area (TPSA) is 62.3 Å². The van der Waals surface area contributed by atoms with E-state index in [2.05, 4.69) is 15.6 Å². The fourth-order valence-corrected chi connectivity index (χ4v) is 2.21. The third kappa shape index (κ3) is 2.56. The third-order valence-electron chi connectivity index (χ3n) is 3.26. The molecule has 2 aromatic rings. The molecule has 0 spiro atoms. The Hall–Kier alpha value is -2.01. The molecule has 2 heterocycles. The van der Waals surface area contributed by atoms with Crippen LogP contribution in [0.4, 0.5) is 0 Å². The summed E-state index contributed by atoms with van der Waals surface area (Å²) in [6, 6.07) is 6.10. The second kappa shape index (κ2) is 5.32. The van der Waals surface area contributed by atoms with Gasteiger partial charge in [0.05, 0.1) is 12.0 Å². The van der Waals surface area contributed by atoms with Gasteiger partial charge in [0.2, 0.25) is 0 Å². The van der Waals surface area contributed by atoms with Gasteiger partial charge in [-0.15, -0.1) is 0 Å². The van der Waals surface area contributed by atoms with E-state index in [4.69, 9.17) is 15.2 Å².